The second kappa shape index (κ2) is 7.20. The van der Waals surface area contributed by atoms with Gasteiger partial charge in [-0.3, -0.25) is 14.4 Å². The van der Waals surface area contributed by atoms with Crippen LogP contribution in [0.1, 0.15) is 31.1 Å². The normalized spacial score (nSPS) is 14.6. The van der Waals surface area contributed by atoms with E-state index in [1.165, 1.54) is 25.2 Å². The van der Waals surface area contributed by atoms with Gasteiger partial charge in [0.2, 0.25) is 0 Å². The van der Waals surface area contributed by atoms with Gasteiger partial charge in [0.25, 0.3) is 27.7 Å². The fraction of sp³-hybridized carbons (Fsp3) is 0.167. The van der Waals surface area contributed by atoms with E-state index in [-0.39, 0.29) is 35.0 Å². The molecule has 0 unspecified atom stereocenters. The van der Waals surface area contributed by atoms with Crippen LogP contribution in [0.2, 0.25) is 0 Å². The Morgan fingerprint density at radius 3 is 2.15 bits per heavy atom. The molecule has 0 aliphatic carbocycles. The van der Waals surface area contributed by atoms with Gasteiger partial charge < -0.3 is 10.6 Å². The van der Waals surface area contributed by atoms with Crippen LogP contribution in [0.15, 0.2) is 53.4 Å². The lowest BCUT2D eigenvalue weighted by atomic mass is 10.1. The Kier molecular flexibility index (Phi) is 4.95. The zero-order valence-electron chi connectivity index (χ0n) is 14.4. The number of nitrogens with zero attached hydrogens (tertiary/aromatic N) is 1. The molecular weight excluding hydrogens is 370 g/mol. The first-order valence-electron chi connectivity index (χ1n) is 8.11. The van der Waals surface area contributed by atoms with E-state index in [1.807, 2.05) is 0 Å². The van der Waals surface area contributed by atoms with Crippen molar-refractivity contribution < 1.29 is 22.8 Å². The molecule has 9 heteroatoms. The van der Waals surface area contributed by atoms with Gasteiger partial charge in [-0.15, -0.1) is 0 Å². The molecule has 0 atom stereocenters. The number of carbonyl (C=O) groups excluding carboxylic acids is 3. The summed E-state index contributed by atoms with van der Waals surface area (Å²) >= 11 is 0. The summed E-state index contributed by atoms with van der Waals surface area (Å²) in [4.78, 5) is 35.8. The molecule has 2 aromatic rings. The van der Waals surface area contributed by atoms with E-state index in [9.17, 15) is 22.8 Å². The number of fused-ring (bicyclic) bond motifs is 1. The summed E-state index contributed by atoms with van der Waals surface area (Å²) in [5, 5.41) is 5.27. The summed E-state index contributed by atoms with van der Waals surface area (Å²) in [6, 6.07) is 12.6. The molecule has 3 rings (SSSR count). The Bertz CT molecular complexity index is 1020. The van der Waals surface area contributed by atoms with Crippen LogP contribution >= 0.6 is 0 Å². The van der Waals surface area contributed by atoms with Crippen molar-refractivity contribution in [1.29, 1.82) is 0 Å². The molecule has 0 spiro atoms. The molecule has 2 N–H and O–H groups in total. The molecule has 0 radical (unpaired) electrons. The van der Waals surface area contributed by atoms with Gasteiger partial charge in [0.1, 0.15) is 4.90 Å². The van der Waals surface area contributed by atoms with Crippen LogP contribution in [0.3, 0.4) is 0 Å². The highest BCUT2D eigenvalue weighted by atomic mass is 32.2. The first-order valence-corrected chi connectivity index (χ1v) is 9.55. The average Bonchev–Trinajstić information content (AvgIpc) is 2.85. The minimum atomic E-state index is -3.91. The minimum Gasteiger partial charge on any atom is -0.350 e. The molecule has 27 heavy (non-hydrogen) atoms. The average molecular weight is 387 g/mol. The first kappa shape index (κ1) is 18.6. The van der Waals surface area contributed by atoms with Gasteiger partial charge in [0.05, 0.1) is 5.56 Å². The Balaban J connectivity index is 1.59. The van der Waals surface area contributed by atoms with Crippen molar-refractivity contribution >= 4 is 27.7 Å². The van der Waals surface area contributed by atoms with Crippen LogP contribution < -0.4 is 10.6 Å². The van der Waals surface area contributed by atoms with E-state index < -0.39 is 21.8 Å². The quantitative estimate of drug-likeness (QED) is 0.731. The van der Waals surface area contributed by atoms with E-state index in [0.717, 1.165) is 0 Å². The SMILES string of the molecule is CN1C(=O)c2ccc(C(=O)NCCNC(=O)c3ccccc3)cc2S1(=O)=O. The predicted molar refractivity (Wildman–Crippen MR) is 96.8 cm³/mol. The van der Waals surface area contributed by atoms with Gasteiger partial charge in [-0.25, -0.2) is 12.7 Å². The molecule has 8 nitrogen and oxygen atoms in total. The highest BCUT2D eigenvalue weighted by Crippen LogP contribution is 2.29. The number of sulfonamides is 1. The summed E-state index contributed by atoms with van der Waals surface area (Å²) in [5.74, 6) is -1.38. The minimum absolute atomic E-state index is 0.0455. The Morgan fingerprint density at radius 1 is 0.926 bits per heavy atom. The summed E-state index contributed by atoms with van der Waals surface area (Å²) in [6.07, 6.45) is 0. The van der Waals surface area contributed by atoms with E-state index in [4.69, 9.17) is 0 Å². The van der Waals surface area contributed by atoms with E-state index in [1.54, 1.807) is 30.3 Å². The number of hydrogen-bond donors (Lipinski definition) is 2. The van der Waals surface area contributed by atoms with Gasteiger partial charge in [-0.2, -0.15) is 0 Å². The van der Waals surface area contributed by atoms with Gasteiger partial charge >= 0.3 is 0 Å². The summed E-state index contributed by atoms with van der Waals surface area (Å²) in [6.45, 7) is 0.379. The van der Waals surface area contributed by atoms with Crippen molar-refractivity contribution in [2.45, 2.75) is 4.90 Å². The Hall–Kier alpha value is -3.20. The maximum Gasteiger partial charge on any atom is 0.268 e. The molecule has 0 aromatic heterocycles. The third-order valence-electron chi connectivity index (χ3n) is 4.13. The van der Waals surface area contributed by atoms with E-state index >= 15 is 0 Å². The molecule has 140 valence electrons. The number of benzene rings is 2. The largest absolute Gasteiger partial charge is 0.350 e. The smallest absolute Gasteiger partial charge is 0.268 e. The second-order valence-corrected chi connectivity index (χ2v) is 7.80. The van der Waals surface area contributed by atoms with Crippen LogP contribution in [0.25, 0.3) is 0 Å². The van der Waals surface area contributed by atoms with Crippen LogP contribution in [-0.2, 0) is 10.0 Å². The van der Waals surface area contributed by atoms with Crippen molar-refractivity contribution in [2.75, 3.05) is 20.1 Å². The van der Waals surface area contributed by atoms with Gasteiger partial charge in [0, 0.05) is 31.3 Å². The molecule has 0 saturated heterocycles. The second-order valence-electron chi connectivity index (χ2n) is 5.87. The summed E-state index contributed by atoms with van der Waals surface area (Å²) in [7, 11) is -2.74. The molecular formula is C18H17N3O5S. The standard InChI is InChI=1S/C18H17N3O5S/c1-21-18(24)14-8-7-13(11-15(14)27(21,25)26)17(23)20-10-9-19-16(22)12-5-3-2-4-6-12/h2-8,11H,9-10H2,1H3,(H,19,22)(H,20,23). The highest BCUT2D eigenvalue weighted by molar-refractivity contribution is 7.90. The fourth-order valence-corrected chi connectivity index (χ4v) is 3.95. The van der Waals surface area contributed by atoms with Gasteiger partial charge in [-0.05, 0) is 30.3 Å². The van der Waals surface area contributed by atoms with Crippen molar-refractivity contribution in [3.05, 3.63) is 65.2 Å². The third kappa shape index (κ3) is 3.54. The maximum absolute atomic E-state index is 12.2. The molecule has 0 saturated carbocycles. The molecule has 0 fully saturated rings. The van der Waals surface area contributed by atoms with Crippen LogP contribution in [0, 0.1) is 0 Å². The molecule has 1 heterocycles. The van der Waals surface area contributed by atoms with Crippen LogP contribution in [0.4, 0.5) is 0 Å². The zero-order chi connectivity index (χ0) is 19.6. The molecule has 0 bridgehead atoms. The fourth-order valence-electron chi connectivity index (χ4n) is 2.63. The zero-order valence-corrected chi connectivity index (χ0v) is 15.2. The molecule has 2 aromatic carbocycles. The summed E-state index contributed by atoms with van der Waals surface area (Å²) < 4.78 is 25.0. The number of amides is 3. The molecule has 1 aliphatic rings. The predicted octanol–water partition coefficient (Wildman–Crippen LogP) is 0.621. The van der Waals surface area contributed by atoms with E-state index in [0.29, 0.717) is 9.87 Å². The van der Waals surface area contributed by atoms with Gasteiger partial charge in [-0.1, -0.05) is 18.2 Å². The molecule has 3 amide bonds. The monoisotopic (exact) mass is 387 g/mol. The lowest BCUT2D eigenvalue weighted by Crippen LogP contribution is -2.34. The number of nitrogens with one attached hydrogen (secondary N) is 2. The third-order valence-corrected chi connectivity index (χ3v) is 5.91. The van der Waals surface area contributed by atoms with E-state index in [2.05, 4.69) is 10.6 Å². The number of rotatable bonds is 5. The van der Waals surface area contributed by atoms with Crippen LogP contribution in [-0.4, -0.2) is 50.6 Å². The highest BCUT2D eigenvalue weighted by Gasteiger charge is 2.38. The number of hydrogen-bond acceptors (Lipinski definition) is 5. The molecule has 1 aliphatic heterocycles. The first-order chi connectivity index (χ1) is 12.8. The van der Waals surface area contributed by atoms with Crippen LogP contribution in [0.5, 0.6) is 0 Å². The lowest BCUT2D eigenvalue weighted by molar-refractivity contribution is 0.0889. The maximum atomic E-state index is 12.2. The Morgan fingerprint density at radius 2 is 1.52 bits per heavy atom. The number of carbonyl (C=O) groups is 3. The summed E-state index contributed by atoms with van der Waals surface area (Å²) in [5.41, 5.74) is 0.681. The Labute approximate surface area is 156 Å². The van der Waals surface area contributed by atoms with Crippen molar-refractivity contribution in [2.24, 2.45) is 0 Å². The van der Waals surface area contributed by atoms with Crippen molar-refractivity contribution in [3.63, 3.8) is 0 Å². The van der Waals surface area contributed by atoms with Crippen molar-refractivity contribution in [3.8, 4) is 0 Å². The van der Waals surface area contributed by atoms with Gasteiger partial charge in [0.15, 0.2) is 0 Å². The lowest BCUT2D eigenvalue weighted by Gasteiger charge is -2.08. The topological polar surface area (TPSA) is 113 Å². The van der Waals surface area contributed by atoms with Crippen molar-refractivity contribution in [1.82, 2.24) is 14.9 Å².